The maximum absolute atomic E-state index is 15.2. The lowest BCUT2D eigenvalue weighted by Crippen LogP contribution is -2.62. The van der Waals surface area contributed by atoms with Gasteiger partial charge in [0.15, 0.2) is 0 Å². The Bertz CT molecular complexity index is 979. The van der Waals surface area contributed by atoms with Crippen molar-refractivity contribution in [3.63, 3.8) is 0 Å². The van der Waals surface area contributed by atoms with E-state index in [1.165, 1.54) is 0 Å². The molecule has 2 atom stereocenters. The molecule has 2 aromatic rings. The lowest BCUT2D eigenvalue weighted by atomic mass is 9.58. The van der Waals surface area contributed by atoms with Gasteiger partial charge in [0.25, 0.3) is 5.91 Å². The van der Waals surface area contributed by atoms with Gasteiger partial charge in [-0.1, -0.05) is 11.4 Å². The third kappa shape index (κ3) is 5.61. The number of hydrogen-bond donors (Lipinski definition) is 1. The number of nitrogens with zero attached hydrogens (tertiary/aromatic N) is 5. The number of nitrogens with one attached hydrogen (secondary N) is 1. The molecule has 4 radical (unpaired) electrons. The molecular weight excluding hydrogens is 429 g/mol. The van der Waals surface area contributed by atoms with Crippen LogP contribution < -0.4 is 10.2 Å². The molecule has 7 nitrogen and oxygen atoms in total. The number of carbonyl (C=O) groups is 1. The summed E-state index contributed by atoms with van der Waals surface area (Å²) in [7, 11) is 13.0. The summed E-state index contributed by atoms with van der Waals surface area (Å²) >= 11 is 0. The predicted molar refractivity (Wildman–Crippen MR) is 134 cm³/mol. The van der Waals surface area contributed by atoms with Gasteiger partial charge in [-0.2, -0.15) is 0 Å². The highest BCUT2D eigenvalue weighted by Crippen LogP contribution is 2.29. The van der Waals surface area contributed by atoms with Crippen LogP contribution in [0.1, 0.15) is 37.2 Å². The number of halogens is 1. The Hall–Kier alpha value is -2.45. The van der Waals surface area contributed by atoms with Crippen molar-refractivity contribution in [1.29, 1.82) is 0 Å². The van der Waals surface area contributed by atoms with Crippen LogP contribution in [0.5, 0.6) is 0 Å². The summed E-state index contributed by atoms with van der Waals surface area (Å²) in [6, 6.07) is 8.80. The van der Waals surface area contributed by atoms with E-state index in [4.69, 9.17) is 15.7 Å². The molecule has 0 spiro atoms. The fourth-order valence-electron chi connectivity index (χ4n) is 4.80. The number of pyridine rings is 2. The number of rotatable bonds is 5. The second-order valence-corrected chi connectivity index (χ2v) is 9.45. The van der Waals surface area contributed by atoms with Crippen molar-refractivity contribution in [2.24, 2.45) is 0 Å². The monoisotopic (exact) mass is 460 g/mol. The summed E-state index contributed by atoms with van der Waals surface area (Å²) in [5.41, 5.74) is 0.963. The van der Waals surface area contributed by atoms with Crippen LogP contribution in [0.3, 0.4) is 0 Å². The topological polar surface area (TPSA) is 64.6 Å². The van der Waals surface area contributed by atoms with Gasteiger partial charge in [0, 0.05) is 62.9 Å². The van der Waals surface area contributed by atoms with E-state index in [-0.39, 0.29) is 11.9 Å². The SMILES string of the molecule is [B]C1([B])CCN(c2cccc(C(=O)Nc3ccncc3)n2)CCN1C1CCN(C(C)C)CC1F. The predicted octanol–water partition coefficient (Wildman–Crippen LogP) is 2.05. The minimum atomic E-state index is -1.11. The van der Waals surface area contributed by atoms with Gasteiger partial charge in [-0.15, -0.1) is 0 Å². The Morgan fingerprint density at radius 1 is 1.15 bits per heavy atom. The molecule has 2 unspecified atom stereocenters. The van der Waals surface area contributed by atoms with Crippen LogP contribution in [0, 0.1) is 0 Å². The highest BCUT2D eigenvalue weighted by Gasteiger charge is 2.41. The highest BCUT2D eigenvalue weighted by atomic mass is 19.1. The zero-order valence-corrected chi connectivity index (χ0v) is 19.9. The van der Waals surface area contributed by atoms with Gasteiger partial charge in [-0.25, -0.2) is 9.37 Å². The van der Waals surface area contributed by atoms with E-state index in [0.717, 1.165) is 6.54 Å². The molecule has 10 heteroatoms. The molecule has 0 aliphatic carbocycles. The average Bonchev–Trinajstić information content (AvgIpc) is 2.97. The Labute approximate surface area is 203 Å². The molecule has 0 saturated carbocycles. The molecule has 2 aliphatic heterocycles. The van der Waals surface area contributed by atoms with Crippen LogP contribution >= 0.6 is 0 Å². The summed E-state index contributed by atoms with van der Waals surface area (Å²) in [6.45, 7) is 7.08. The van der Waals surface area contributed by atoms with Gasteiger partial charge in [-0.05, 0) is 51.0 Å². The lowest BCUT2D eigenvalue weighted by molar-refractivity contribution is 0.0115. The van der Waals surface area contributed by atoms with Crippen molar-refractivity contribution >= 4 is 33.1 Å². The summed E-state index contributed by atoms with van der Waals surface area (Å²) in [5.74, 6) is 0.375. The van der Waals surface area contributed by atoms with Crippen molar-refractivity contribution in [2.75, 3.05) is 42.9 Å². The van der Waals surface area contributed by atoms with Crippen LogP contribution in [0.15, 0.2) is 42.7 Å². The van der Waals surface area contributed by atoms with E-state index in [9.17, 15) is 4.79 Å². The molecule has 4 heterocycles. The number of likely N-dealkylation sites (tertiary alicyclic amines) is 1. The first-order chi connectivity index (χ1) is 16.2. The Morgan fingerprint density at radius 3 is 2.62 bits per heavy atom. The Balaban J connectivity index is 1.45. The summed E-state index contributed by atoms with van der Waals surface area (Å²) in [5, 5.41) is 1.72. The average molecular weight is 460 g/mol. The van der Waals surface area contributed by atoms with E-state index in [2.05, 4.69) is 38.9 Å². The maximum atomic E-state index is 15.2. The Morgan fingerprint density at radius 2 is 1.91 bits per heavy atom. The number of carbonyl (C=O) groups excluding carboxylic acids is 1. The fraction of sp³-hybridized carbons (Fsp3) is 0.542. The van der Waals surface area contributed by atoms with Crippen LogP contribution in [0.2, 0.25) is 0 Å². The third-order valence-corrected chi connectivity index (χ3v) is 6.83. The molecule has 34 heavy (non-hydrogen) atoms. The summed E-state index contributed by atoms with van der Waals surface area (Å²) in [4.78, 5) is 27.4. The summed E-state index contributed by atoms with van der Waals surface area (Å²) < 4.78 is 15.2. The quantitative estimate of drug-likeness (QED) is 0.690. The number of aromatic nitrogens is 2. The lowest BCUT2D eigenvalue weighted by Gasteiger charge is -2.48. The molecule has 2 aromatic heterocycles. The largest absolute Gasteiger partial charge is 0.355 e. The van der Waals surface area contributed by atoms with Crippen molar-refractivity contribution in [2.45, 2.75) is 50.3 Å². The first-order valence-electron chi connectivity index (χ1n) is 11.9. The smallest absolute Gasteiger partial charge is 0.274 e. The van der Waals surface area contributed by atoms with E-state index in [1.807, 2.05) is 17.0 Å². The van der Waals surface area contributed by atoms with Crippen LogP contribution in [-0.2, 0) is 0 Å². The molecule has 1 N–H and O–H groups in total. The zero-order chi connectivity index (χ0) is 24.3. The van der Waals surface area contributed by atoms with E-state index in [1.54, 1.807) is 30.6 Å². The van der Waals surface area contributed by atoms with Crippen molar-refractivity contribution in [3.8, 4) is 0 Å². The number of hydrogen-bond acceptors (Lipinski definition) is 6. The van der Waals surface area contributed by atoms with Crippen molar-refractivity contribution in [1.82, 2.24) is 19.8 Å². The number of amides is 1. The molecule has 1 amide bonds. The molecule has 4 rings (SSSR count). The van der Waals surface area contributed by atoms with Gasteiger partial charge in [0.05, 0.1) is 15.7 Å². The van der Waals surface area contributed by atoms with Crippen LogP contribution in [-0.4, -0.2) is 97.7 Å². The number of piperidine rings is 1. The van der Waals surface area contributed by atoms with Gasteiger partial charge < -0.3 is 15.1 Å². The van der Waals surface area contributed by atoms with E-state index < -0.39 is 11.5 Å². The van der Waals surface area contributed by atoms with Gasteiger partial charge >= 0.3 is 0 Å². The van der Waals surface area contributed by atoms with Crippen molar-refractivity contribution < 1.29 is 9.18 Å². The van der Waals surface area contributed by atoms with Gasteiger partial charge in [0.2, 0.25) is 0 Å². The maximum Gasteiger partial charge on any atom is 0.274 e. The van der Waals surface area contributed by atoms with Crippen LogP contribution in [0.25, 0.3) is 0 Å². The molecule has 2 fully saturated rings. The minimum absolute atomic E-state index is 0.298. The van der Waals surface area contributed by atoms with Gasteiger partial charge in [0.1, 0.15) is 17.7 Å². The first-order valence-corrected chi connectivity index (χ1v) is 11.9. The molecular formula is C24H31B2FN6O. The number of alkyl halides is 1. The Kier molecular flexibility index (Phi) is 7.57. The second kappa shape index (κ2) is 10.4. The normalized spacial score (nSPS) is 24.1. The molecule has 2 aliphatic rings. The van der Waals surface area contributed by atoms with Gasteiger partial charge in [-0.3, -0.25) is 14.7 Å². The second-order valence-electron chi connectivity index (χ2n) is 9.45. The van der Waals surface area contributed by atoms with Crippen molar-refractivity contribution in [3.05, 3.63) is 48.4 Å². The molecule has 176 valence electrons. The highest BCUT2D eigenvalue weighted by molar-refractivity contribution is 6.40. The fourth-order valence-corrected chi connectivity index (χ4v) is 4.80. The third-order valence-electron chi connectivity index (χ3n) is 6.83. The standard InChI is InChI=1S/C24H31B2FN6O/c1-17(2)32-12-8-21(19(27)16-32)33-15-14-31(13-9-24(33,25)26)22-5-3-4-20(30-22)23(34)29-18-6-10-28-11-7-18/h3-7,10-11,17,19,21H,8-9,12-16H2,1-2H3,(H,28,29,34). The van der Waals surface area contributed by atoms with E-state index >= 15 is 4.39 Å². The molecule has 0 bridgehead atoms. The molecule has 0 aromatic carbocycles. The van der Waals surface area contributed by atoms with E-state index in [0.29, 0.717) is 62.3 Å². The molecule has 2 saturated heterocycles. The zero-order valence-electron chi connectivity index (χ0n) is 19.9. The summed E-state index contributed by atoms with van der Waals surface area (Å²) in [6.07, 6.45) is 3.37. The minimum Gasteiger partial charge on any atom is -0.355 e. The van der Waals surface area contributed by atoms with Crippen LogP contribution in [0.4, 0.5) is 15.9 Å². The number of anilines is 2. The first kappa shape index (κ1) is 24.7.